The second-order valence-corrected chi connectivity index (χ2v) is 14.5. The van der Waals surface area contributed by atoms with Gasteiger partial charge in [-0.3, -0.25) is 14.3 Å². The third-order valence-electron chi connectivity index (χ3n) is 7.93. The Hall–Kier alpha value is -2.63. The third kappa shape index (κ3) is 4.16. The number of carbonyl (C=O) groups excluding carboxylic acids is 2. The smallest absolute Gasteiger partial charge is 0.261 e. The number of amides is 2. The maximum atomic E-state index is 15.8. The van der Waals surface area contributed by atoms with Crippen LogP contribution in [0.5, 0.6) is 0 Å². The summed E-state index contributed by atoms with van der Waals surface area (Å²) in [6.07, 6.45) is 4.53. The Morgan fingerprint density at radius 1 is 1.31 bits per heavy atom. The number of piperidine rings is 1. The van der Waals surface area contributed by atoms with E-state index in [1.165, 1.54) is 0 Å². The van der Waals surface area contributed by atoms with Crippen LogP contribution in [-0.4, -0.2) is 59.6 Å². The standard InChI is InChI=1S/C25H34FN5O4Si/c1-16-23(36(2,3)26)21(9-12-30-15-17(10-13-32)28-29-30)35-25(16)19-14-18(7-8-20(19)27-24(25)34)31-11-5-4-6-22(31)33/h7-8,14-16,21,23,32H,4-6,9-13H2,1-3H3,(H,27,34)/t16-,21+,23-,25+/m0/s1. The van der Waals surface area contributed by atoms with Gasteiger partial charge in [-0.1, -0.05) is 12.1 Å². The molecule has 1 spiro atoms. The number of rotatable bonds is 7. The van der Waals surface area contributed by atoms with E-state index in [0.717, 1.165) is 18.5 Å². The molecule has 1 aromatic heterocycles. The van der Waals surface area contributed by atoms with E-state index in [0.29, 0.717) is 49.3 Å². The molecule has 194 valence electrons. The first-order valence-electron chi connectivity index (χ1n) is 12.8. The Morgan fingerprint density at radius 2 is 2.11 bits per heavy atom. The molecule has 2 amide bonds. The predicted molar refractivity (Wildman–Crippen MR) is 135 cm³/mol. The molecule has 2 aromatic rings. The summed E-state index contributed by atoms with van der Waals surface area (Å²) >= 11 is 0. The number of aryl methyl sites for hydroxylation is 1. The van der Waals surface area contributed by atoms with Crippen LogP contribution < -0.4 is 10.2 Å². The maximum absolute atomic E-state index is 15.8. The van der Waals surface area contributed by atoms with E-state index < -0.39 is 25.7 Å². The Kier molecular flexibility index (Phi) is 6.50. The Labute approximate surface area is 211 Å². The number of nitrogens with one attached hydrogen (secondary N) is 1. The molecule has 9 nitrogen and oxygen atoms in total. The van der Waals surface area contributed by atoms with E-state index in [2.05, 4.69) is 15.6 Å². The highest BCUT2D eigenvalue weighted by molar-refractivity contribution is 6.72. The zero-order valence-corrected chi connectivity index (χ0v) is 22.0. The highest BCUT2D eigenvalue weighted by Gasteiger charge is 2.65. The first-order chi connectivity index (χ1) is 17.1. The number of halogens is 1. The fourth-order valence-electron chi connectivity index (χ4n) is 6.31. The van der Waals surface area contributed by atoms with Gasteiger partial charge in [0.2, 0.25) is 14.3 Å². The van der Waals surface area contributed by atoms with Crippen LogP contribution in [0.2, 0.25) is 18.6 Å². The lowest BCUT2D eigenvalue weighted by atomic mass is 9.82. The van der Waals surface area contributed by atoms with Gasteiger partial charge in [0.15, 0.2) is 5.60 Å². The van der Waals surface area contributed by atoms with E-state index in [1.54, 1.807) is 28.9 Å². The molecular weight excluding hydrogens is 481 g/mol. The number of nitrogens with zero attached hydrogens (tertiary/aromatic N) is 4. The molecule has 4 heterocycles. The molecule has 0 saturated carbocycles. The molecule has 0 bridgehead atoms. The van der Waals surface area contributed by atoms with Crippen LogP contribution in [-0.2, 0) is 32.9 Å². The normalized spacial score (nSPS) is 28.1. The van der Waals surface area contributed by atoms with Gasteiger partial charge in [0.25, 0.3) is 5.91 Å². The number of fused-ring (bicyclic) bond motifs is 2. The number of aromatic nitrogens is 3. The molecule has 0 unspecified atom stereocenters. The van der Waals surface area contributed by atoms with Gasteiger partial charge in [-0.25, -0.2) is 0 Å². The minimum atomic E-state index is -3.25. The molecule has 36 heavy (non-hydrogen) atoms. The second kappa shape index (κ2) is 9.35. The molecule has 2 N–H and O–H groups in total. The number of benzene rings is 1. The third-order valence-corrected chi connectivity index (χ3v) is 10.4. The van der Waals surface area contributed by atoms with Crippen LogP contribution in [0.25, 0.3) is 0 Å². The molecule has 4 atom stereocenters. The summed E-state index contributed by atoms with van der Waals surface area (Å²) < 4.78 is 24.1. The molecule has 0 radical (unpaired) electrons. The van der Waals surface area contributed by atoms with Gasteiger partial charge in [-0.05, 0) is 50.6 Å². The van der Waals surface area contributed by atoms with Crippen molar-refractivity contribution in [2.75, 3.05) is 23.4 Å². The lowest BCUT2D eigenvalue weighted by molar-refractivity contribution is -0.143. The molecule has 3 aliphatic heterocycles. The van der Waals surface area contributed by atoms with E-state index in [1.807, 2.05) is 25.1 Å². The van der Waals surface area contributed by atoms with Crippen molar-refractivity contribution in [3.8, 4) is 0 Å². The largest absolute Gasteiger partial charge is 0.396 e. The monoisotopic (exact) mass is 515 g/mol. The fourth-order valence-corrected chi connectivity index (χ4v) is 8.85. The van der Waals surface area contributed by atoms with E-state index in [4.69, 9.17) is 9.84 Å². The van der Waals surface area contributed by atoms with Crippen LogP contribution in [0.1, 0.15) is 43.9 Å². The predicted octanol–water partition coefficient (Wildman–Crippen LogP) is 3.15. The van der Waals surface area contributed by atoms with E-state index >= 15 is 4.11 Å². The number of carbonyl (C=O) groups is 2. The summed E-state index contributed by atoms with van der Waals surface area (Å²) in [7, 11) is -3.25. The summed E-state index contributed by atoms with van der Waals surface area (Å²) in [6, 6.07) is 5.57. The molecule has 1 aromatic carbocycles. The van der Waals surface area contributed by atoms with E-state index in [-0.39, 0.29) is 24.3 Å². The minimum Gasteiger partial charge on any atom is -0.396 e. The summed E-state index contributed by atoms with van der Waals surface area (Å²) in [5, 5.41) is 20.3. The SMILES string of the molecule is C[C@H]1[C@H]([Si](C)(C)F)[C@@H](CCn2cc(CCO)nn2)O[C@]12C(=O)Nc1ccc(N3CCCCC3=O)cc12. The van der Waals surface area contributed by atoms with Crippen molar-refractivity contribution in [1.29, 1.82) is 0 Å². The maximum Gasteiger partial charge on any atom is 0.261 e. The van der Waals surface area contributed by atoms with Crippen LogP contribution in [0, 0.1) is 5.92 Å². The van der Waals surface area contributed by atoms with Crippen LogP contribution >= 0.6 is 0 Å². The molecule has 5 rings (SSSR count). The van der Waals surface area contributed by atoms with Gasteiger partial charge in [-0.15, -0.1) is 5.10 Å². The van der Waals surface area contributed by atoms with E-state index in [9.17, 15) is 9.59 Å². The summed E-state index contributed by atoms with van der Waals surface area (Å²) in [6.45, 7) is 6.37. The van der Waals surface area contributed by atoms with Crippen molar-refractivity contribution in [1.82, 2.24) is 15.0 Å². The number of anilines is 2. The van der Waals surface area contributed by atoms with Gasteiger partial charge in [0, 0.05) is 67.1 Å². The van der Waals surface area contributed by atoms with Gasteiger partial charge in [0.05, 0.1) is 11.8 Å². The van der Waals surface area contributed by atoms with Gasteiger partial charge in [0.1, 0.15) is 0 Å². The average Bonchev–Trinajstić information content (AvgIpc) is 3.48. The average molecular weight is 516 g/mol. The number of hydrogen-bond donors (Lipinski definition) is 2. The molecule has 11 heteroatoms. The highest BCUT2D eigenvalue weighted by Crippen LogP contribution is 2.59. The summed E-state index contributed by atoms with van der Waals surface area (Å²) in [5.74, 6) is -0.582. The Morgan fingerprint density at radius 3 is 2.83 bits per heavy atom. The van der Waals surface area contributed by atoms with Crippen molar-refractivity contribution in [3.63, 3.8) is 0 Å². The first-order valence-corrected chi connectivity index (χ1v) is 15.7. The van der Waals surface area contributed by atoms with Crippen molar-refractivity contribution in [3.05, 3.63) is 35.7 Å². The van der Waals surface area contributed by atoms with Crippen molar-refractivity contribution < 1.29 is 23.5 Å². The molecule has 0 aliphatic carbocycles. The highest BCUT2D eigenvalue weighted by atomic mass is 28.4. The second-order valence-electron chi connectivity index (χ2n) is 10.7. The lowest BCUT2D eigenvalue weighted by Crippen LogP contribution is -2.42. The Bertz CT molecular complexity index is 1170. The molecular formula is C25H34FN5O4Si. The van der Waals surface area contributed by atoms with Crippen molar-refractivity contribution >= 4 is 31.6 Å². The number of aliphatic hydroxyl groups excluding tert-OH is 1. The molecule has 2 fully saturated rings. The number of aliphatic hydroxyl groups is 1. The van der Waals surface area contributed by atoms with Crippen LogP contribution in [0.4, 0.5) is 15.5 Å². The van der Waals surface area contributed by atoms with Crippen LogP contribution in [0.3, 0.4) is 0 Å². The zero-order chi connectivity index (χ0) is 25.7. The van der Waals surface area contributed by atoms with Crippen molar-refractivity contribution in [2.45, 2.75) is 75.9 Å². The van der Waals surface area contributed by atoms with Gasteiger partial charge < -0.3 is 24.2 Å². The van der Waals surface area contributed by atoms with Gasteiger partial charge >= 0.3 is 0 Å². The van der Waals surface area contributed by atoms with Crippen molar-refractivity contribution in [2.24, 2.45) is 5.92 Å². The fraction of sp³-hybridized carbons (Fsp3) is 0.600. The summed E-state index contributed by atoms with van der Waals surface area (Å²) in [5.41, 5.74) is 1.07. The summed E-state index contributed by atoms with van der Waals surface area (Å²) in [4.78, 5) is 27.9. The van der Waals surface area contributed by atoms with Gasteiger partial charge in [-0.2, -0.15) is 0 Å². The molecule has 3 aliphatic rings. The first kappa shape index (κ1) is 25.0. The minimum absolute atomic E-state index is 0.00624. The topological polar surface area (TPSA) is 110 Å². The number of hydrogen-bond acceptors (Lipinski definition) is 6. The number of ether oxygens (including phenoxy) is 1. The zero-order valence-electron chi connectivity index (χ0n) is 21.0. The molecule has 2 saturated heterocycles. The van der Waals surface area contributed by atoms with Crippen LogP contribution in [0.15, 0.2) is 24.4 Å². The quantitative estimate of drug-likeness (QED) is 0.433. The lowest BCUT2D eigenvalue weighted by Gasteiger charge is -2.31. The Balaban J connectivity index is 1.47.